The molecular weight excluding hydrogens is 319 g/mol. The summed E-state index contributed by atoms with van der Waals surface area (Å²) in [5, 5.41) is 3.00. The molecule has 0 saturated carbocycles. The van der Waals surface area contributed by atoms with Crippen molar-refractivity contribution in [1.82, 2.24) is 0 Å². The summed E-state index contributed by atoms with van der Waals surface area (Å²) in [6, 6.07) is 10.9. The predicted octanol–water partition coefficient (Wildman–Crippen LogP) is 2.49. The van der Waals surface area contributed by atoms with Crippen molar-refractivity contribution >= 4 is 11.6 Å². The van der Waals surface area contributed by atoms with Gasteiger partial charge in [-0.1, -0.05) is 18.2 Å². The third-order valence-corrected chi connectivity index (χ3v) is 4.33. The van der Waals surface area contributed by atoms with Crippen LogP contribution in [-0.4, -0.2) is 26.1 Å². The molecule has 2 aromatic carbocycles. The molecule has 0 radical (unpaired) electrons. The number of hydrogen-bond acceptors (Lipinski definition) is 2. The second-order valence-corrected chi connectivity index (χ2v) is 6.24. The van der Waals surface area contributed by atoms with E-state index in [0.717, 1.165) is 33.8 Å². The highest BCUT2D eigenvalue weighted by Crippen LogP contribution is 2.19. The molecule has 2 aromatic rings. The zero-order valence-corrected chi connectivity index (χ0v) is 15.3. The third kappa shape index (κ3) is 5.03. The number of aryl methyl sites for hydroxylation is 2. The number of likely N-dealkylation sites (N-methyl/N-ethyl adjacent to an activating group) is 1. The van der Waals surface area contributed by atoms with E-state index in [2.05, 4.69) is 5.32 Å². The van der Waals surface area contributed by atoms with Crippen LogP contribution < -0.4 is 15.0 Å². The number of carbonyl (C=O) groups is 1. The van der Waals surface area contributed by atoms with Crippen molar-refractivity contribution in [2.45, 2.75) is 27.3 Å². The van der Waals surface area contributed by atoms with E-state index in [0.29, 0.717) is 13.1 Å². The number of rotatable bonds is 7. The molecular formula is C20H26FN2O2+. The molecule has 134 valence electrons. The first-order chi connectivity index (χ1) is 11.9. The van der Waals surface area contributed by atoms with E-state index < -0.39 is 0 Å². The van der Waals surface area contributed by atoms with Gasteiger partial charge < -0.3 is 15.0 Å². The van der Waals surface area contributed by atoms with Gasteiger partial charge in [-0.15, -0.1) is 0 Å². The molecule has 2 N–H and O–H groups in total. The Morgan fingerprint density at radius 3 is 2.44 bits per heavy atom. The lowest BCUT2D eigenvalue weighted by atomic mass is 10.1. The van der Waals surface area contributed by atoms with Gasteiger partial charge in [-0.25, -0.2) is 4.39 Å². The number of ether oxygens (including phenoxy) is 1. The average Bonchev–Trinajstić information content (AvgIpc) is 2.58. The second-order valence-electron chi connectivity index (χ2n) is 6.24. The summed E-state index contributed by atoms with van der Waals surface area (Å²) >= 11 is 0. The number of methoxy groups -OCH3 is 1. The summed E-state index contributed by atoms with van der Waals surface area (Å²) in [4.78, 5) is 13.5. The molecule has 2 rings (SSSR count). The monoisotopic (exact) mass is 345 g/mol. The minimum absolute atomic E-state index is 0.0387. The third-order valence-electron chi connectivity index (χ3n) is 4.33. The van der Waals surface area contributed by atoms with Crippen molar-refractivity contribution in [3.63, 3.8) is 0 Å². The van der Waals surface area contributed by atoms with Gasteiger partial charge >= 0.3 is 0 Å². The van der Waals surface area contributed by atoms with Crippen molar-refractivity contribution in [3.8, 4) is 5.75 Å². The van der Waals surface area contributed by atoms with Crippen LogP contribution in [0.4, 0.5) is 10.1 Å². The predicted molar refractivity (Wildman–Crippen MR) is 97.6 cm³/mol. The molecule has 0 fully saturated rings. The Morgan fingerprint density at radius 2 is 1.88 bits per heavy atom. The SMILES string of the molecule is CC[NH+](CC(=O)Nc1c(C)cccc1C)Cc1ccc(OC)c(F)c1. The lowest BCUT2D eigenvalue weighted by Crippen LogP contribution is -3.11. The number of amides is 1. The second kappa shape index (κ2) is 8.62. The van der Waals surface area contributed by atoms with Crippen LogP contribution in [0.2, 0.25) is 0 Å². The number of benzene rings is 2. The van der Waals surface area contributed by atoms with Gasteiger partial charge in [0.2, 0.25) is 0 Å². The molecule has 0 aliphatic rings. The van der Waals surface area contributed by atoms with Crippen molar-refractivity contribution in [3.05, 3.63) is 58.9 Å². The molecule has 5 heteroatoms. The standard InChI is InChI=1S/C20H25FN2O2/c1-5-23(12-16-9-10-18(25-4)17(21)11-16)13-19(24)22-20-14(2)7-6-8-15(20)3/h6-11H,5,12-13H2,1-4H3,(H,22,24)/p+1. The number of carbonyl (C=O) groups excluding carboxylic acids is 1. The van der Waals surface area contributed by atoms with Crippen molar-refractivity contribution < 1.29 is 18.8 Å². The minimum atomic E-state index is -0.379. The molecule has 0 heterocycles. The van der Waals surface area contributed by atoms with Crippen molar-refractivity contribution in [2.75, 3.05) is 25.5 Å². The van der Waals surface area contributed by atoms with Gasteiger partial charge in [-0.3, -0.25) is 4.79 Å². The molecule has 1 unspecified atom stereocenters. The van der Waals surface area contributed by atoms with E-state index in [-0.39, 0.29) is 17.5 Å². The van der Waals surface area contributed by atoms with Gasteiger partial charge in [0, 0.05) is 11.3 Å². The maximum Gasteiger partial charge on any atom is 0.279 e. The van der Waals surface area contributed by atoms with Gasteiger partial charge in [0.1, 0.15) is 6.54 Å². The zero-order valence-electron chi connectivity index (χ0n) is 15.3. The zero-order chi connectivity index (χ0) is 18.4. The van der Waals surface area contributed by atoms with Crippen LogP contribution in [0.25, 0.3) is 0 Å². The van der Waals surface area contributed by atoms with Gasteiger partial charge in [0.05, 0.1) is 13.7 Å². The highest BCUT2D eigenvalue weighted by molar-refractivity contribution is 5.93. The summed E-state index contributed by atoms with van der Waals surface area (Å²) in [6.07, 6.45) is 0. The molecule has 4 nitrogen and oxygen atoms in total. The van der Waals surface area contributed by atoms with Crippen LogP contribution in [0.15, 0.2) is 36.4 Å². The molecule has 0 bridgehead atoms. The number of halogens is 1. The number of para-hydroxylation sites is 1. The molecule has 1 amide bonds. The Morgan fingerprint density at radius 1 is 1.20 bits per heavy atom. The van der Waals surface area contributed by atoms with Gasteiger partial charge in [0.25, 0.3) is 5.91 Å². The Bertz CT molecular complexity index is 726. The number of nitrogens with one attached hydrogen (secondary N) is 2. The summed E-state index contributed by atoms with van der Waals surface area (Å²) in [6.45, 7) is 7.66. The van der Waals surface area contributed by atoms with Crippen LogP contribution in [0, 0.1) is 19.7 Å². The lowest BCUT2D eigenvalue weighted by Gasteiger charge is -2.18. The fourth-order valence-electron chi connectivity index (χ4n) is 2.84. The van der Waals surface area contributed by atoms with E-state index in [1.54, 1.807) is 6.07 Å². The van der Waals surface area contributed by atoms with Crippen LogP contribution in [0.3, 0.4) is 0 Å². The molecule has 0 spiro atoms. The van der Waals surface area contributed by atoms with Crippen molar-refractivity contribution in [1.29, 1.82) is 0 Å². The Kier molecular flexibility index (Phi) is 6.53. The van der Waals surface area contributed by atoms with E-state index in [1.807, 2.05) is 45.0 Å². The first-order valence-electron chi connectivity index (χ1n) is 8.46. The Balaban J connectivity index is 2.01. The fraction of sp³-hybridized carbons (Fsp3) is 0.350. The van der Waals surface area contributed by atoms with Crippen LogP contribution in [0.1, 0.15) is 23.6 Å². The fourth-order valence-corrected chi connectivity index (χ4v) is 2.84. The van der Waals surface area contributed by atoms with Gasteiger partial charge in [0.15, 0.2) is 18.1 Å². The maximum absolute atomic E-state index is 13.8. The van der Waals surface area contributed by atoms with E-state index >= 15 is 0 Å². The smallest absolute Gasteiger partial charge is 0.279 e. The number of hydrogen-bond donors (Lipinski definition) is 2. The molecule has 1 atom stereocenters. The van der Waals surface area contributed by atoms with Gasteiger partial charge in [-0.2, -0.15) is 0 Å². The highest BCUT2D eigenvalue weighted by Gasteiger charge is 2.16. The molecule has 0 saturated heterocycles. The first kappa shape index (κ1) is 18.9. The van der Waals surface area contributed by atoms with Gasteiger partial charge in [-0.05, 0) is 50.1 Å². The van der Waals surface area contributed by atoms with Crippen LogP contribution >= 0.6 is 0 Å². The first-order valence-corrected chi connectivity index (χ1v) is 8.46. The lowest BCUT2D eigenvalue weighted by molar-refractivity contribution is -0.903. The highest BCUT2D eigenvalue weighted by atomic mass is 19.1. The minimum Gasteiger partial charge on any atom is -0.494 e. The molecule has 0 aromatic heterocycles. The average molecular weight is 345 g/mol. The summed E-state index contributed by atoms with van der Waals surface area (Å²) < 4.78 is 18.8. The van der Waals surface area contributed by atoms with E-state index in [9.17, 15) is 9.18 Å². The number of anilines is 1. The topological polar surface area (TPSA) is 42.8 Å². The summed E-state index contributed by atoms with van der Waals surface area (Å²) in [7, 11) is 1.44. The van der Waals surface area contributed by atoms with E-state index in [4.69, 9.17) is 4.74 Å². The number of quaternary nitrogens is 1. The molecule has 25 heavy (non-hydrogen) atoms. The van der Waals surface area contributed by atoms with Crippen LogP contribution in [0.5, 0.6) is 5.75 Å². The molecule has 0 aliphatic heterocycles. The molecule has 0 aliphatic carbocycles. The Labute approximate surface area is 148 Å². The normalized spacial score (nSPS) is 11.9. The summed E-state index contributed by atoms with van der Waals surface area (Å²) in [5.41, 5.74) is 3.81. The van der Waals surface area contributed by atoms with Crippen molar-refractivity contribution in [2.24, 2.45) is 0 Å². The maximum atomic E-state index is 13.8. The van der Waals surface area contributed by atoms with E-state index in [1.165, 1.54) is 13.2 Å². The quantitative estimate of drug-likeness (QED) is 0.810. The largest absolute Gasteiger partial charge is 0.494 e. The Hall–Kier alpha value is -2.40. The summed E-state index contributed by atoms with van der Waals surface area (Å²) in [5.74, 6) is -0.187. The van der Waals surface area contributed by atoms with Crippen LogP contribution in [-0.2, 0) is 11.3 Å².